The minimum Gasteiger partial charge on any atom is -0.870 e. The quantitative estimate of drug-likeness (QED) is 0.0404. The molecule has 0 bridgehead atoms. The maximum atomic E-state index is 13.1. The average Bonchev–Trinajstić information content (AvgIpc) is 3.88. The number of carboxylic acids is 1. The van der Waals surface area contributed by atoms with Crippen molar-refractivity contribution < 1.29 is 89.8 Å². The summed E-state index contributed by atoms with van der Waals surface area (Å²) < 4.78 is 101. The summed E-state index contributed by atoms with van der Waals surface area (Å²) in [5.74, 6) is 0.0537. The monoisotopic (exact) mass is 921 g/mol. The Bertz CT molecular complexity index is 2570. The zero-order valence-electron chi connectivity index (χ0n) is 37.3. The Hall–Kier alpha value is -5.48. The molecule has 0 radical (unpaired) electrons. The van der Waals surface area contributed by atoms with E-state index in [2.05, 4.69) is 20.1 Å². The van der Waals surface area contributed by atoms with Gasteiger partial charge in [0, 0.05) is 49.7 Å². The first-order valence-electron chi connectivity index (χ1n) is 20.4. The van der Waals surface area contributed by atoms with Gasteiger partial charge >= 0.3 is 47.9 Å². The number of benzene rings is 4. The molecule has 0 aliphatic rings. The molecule has 0 aliphatic carbocycles. The number of carbonyl (C=O) groups is 1. The largest absolute Gasteiger partial charge is 1.00 e. The number of aryl methyl sites for hydroxylation is 4. The number of ether oxygens (including phenoxy) is 2. The molecule has 0 aliphatic heterocycles. The van der Waals surface area contributed by atoms with Crippen molar-refractivity contribution in [3.63, 3.8) is 0 Å². The second-order valence-electron chi connectivity index (χ2n) is 15.0. The van der Waals surface area contributed by atoms with Gasteiger partial charge in [-0.05, 0) is 99.2 Å². The molecule has 4 aromatic carbocycles. The minimum absolute atomic E-state index is 0. The van der Waals surface area contributed by atoms with Crippen molar-refractivity contribution in [3.05, 3.63) is 111 Å². The first-order chi connectivity index (χ1) is 29.9. The van der Waals surface area contributed by atoms with E-state index < -0.39 is 29.7 Å². The molecule has 0 atom stereocenters. The van der Waals surface area contributed by atoms with Crippen molar-refractivity contribution in [2.75, 3.05) is 50.2 Å². The van der Waals surface area contributed by atoms with Gasteiger partial charge in [0.2, 0.25) is 0 Å². The van der Waals surface area contributed by atoms with Crippen LogP contribution in [0.4, 0.5) is 43.4 Å². The molecule has 19 heteroatoms. The molecular weight excluding hydrogens is 872 g/mol. The van der Waals surface area contributed by atoms with Gasteiger partial charge in [0.25, 0.3) is 0 Å². The Kier molecular flexibility index (Phi) is 19.6. The second-order valence-corrected chi connectivity index (χ2v) is 15.0. The van der Waals surface area contributed by atoms with Gasteiger partial charge < -0.3 is 38.9 Å². The smallest absolute Gasteiger partial charge is 0.870 e. The fraction of sp³-hybridized carbons (Fsp3) is 0.391. The summed E-state index contributed by atoms with van der Waals surface area (Å²) >= 11 is 0. The van der Waals surface area contributed by atoms with Crippen LogP contribution in [0.2, 0.25) is 0 Å². The average molecular weight is 922 g/mol. The Morgan fingerprint density at radius 2 is 1.15 bits per heavy atom. The number of aromatic nitrogens is 2. The predicted molar refractivity (Wildman–Crippen MR) is 230 cm³/mol. The first-order valence-corrected chi connectivity index (χ1v) is 20.4. The van der Waals surface area contributed by atoms with Gasteiger partial charge in [-0.25, -0.2) is 9.64 Å². The normalized spacial score (nSPS) is 11.2. The van der Waals surface area contributed by atoms with Crippen LogP contribution in [0.25, 0.3) is 26.8 Å². The Balaban J connectivity index is 0.000000335. The van der Waals surface area contributed by atoms with Crippen molar-refractivity contribution in [2.45, 2.75) is 78.6 Å². The number of alkyl halides is 6. The van der Waals surface area contributed by atoms with E-state index in [0.29, 0.717) is 80.2 Å². The number of fused-ring (bicyclic) bond motifs is 2. The van der Waals surface area contributed by atoms with E-state index in [1.54, 1.807) is 30.3 Å². The number of hydrogen-bond acceptors (Lipinski definition) is 10. The molecule has 0 amide bonds. The topological polar surface area (TPSA) is 149 Å². The van der Waals surface area contributed by atoms with Gasteiger partial charge in [-0.1, -0.05) is 49.1 Å². The van der Waals surface area contributed by atoms with E-state index in [1.807, 2.05) is 58.8 Å². The number of anilines is 2. The van der Waals surface area contributed by atoms with Gasteiger partial charge in [-0.2, -0.15) is 26.3 Å². The van der Waals surface area contributed by atoms with E-state index in [4.69, 9.17) is 30.2 Å². The van der Waals surface area contributed by atoms with E-state index in [-0.39, 0.29) is 62.5 Å². The van der Waals surface area contributed by atoms with Gasteiger partial charge in [0.05, 0.1) is 36.1 Å². The van der Waals surface area contributed by atoms with E-state index in [0.717, 1.165) is 35.5 Å². The van der Waals surface area contributed by atoms with Crippen LogP contribution in [0.15, 0.2) is 69.7 Å². The number of carboxylic acid groups (broad SMARTS) is 1. The SMILES string of the molecule is CCCc1c(OCCCN(C)c2ccc(C(=O)O)cc2C)ccc2c(C(F)(F)F)noc12.[C-]#[N+]c1ccc(N(C)CCCOc2ccc3c(C(F)(F)F)noc3c2CCC)c(C)c1.[Na+].[OH-]. The molecule has 2 aromatic heterocycles. The molecule has 2 N–H and O–H groups in total. The van der Waals surface area contributed by atoms with Crippen LogP contribution in [-0.2, 0) is 25.2 Å². The maximum absolute atomic E-state index is 13.1. The van der Waals surface area contributed by atoms with E-state index >= 15 is 0 Å². The summed E-state index contributed by atoms with van der Waals surface area (Å²) in [5, 5.41) is 15.5. The van der Waals surface area contributed by atoms with Crippen molar-refractivity contribution in [2.24, 2.45) is 0 Å². The van der Waals surface area contributed by atoms with E-state index in [9.17, 15) is 31.1 Å². The van der Waals surface area contributed by atoms with Crippen LogP contribution in [0.5, 0.6) is 11.5 Å². The Morgan fingerprint density at radius 3 is 1.52 bits per heavy atom. The molecule has 65 heavy (non-hydrogen) atoms. The summed E-state index contributed by atoms with van der Waals surface area (Å²) in [4.78, 5) is 18.6. The Labute approximate surface area is 394 Å². The van der Waals surface area contributed by atoms with Crippen LogP contribution in [-0.4, -0.2) is 67.3 Å². The van der Waals surface area contributed by atoms with Crippen LogP contribution in [0, 0.1) is 20.4 Å². The summed E-state index contributed by atoms with van der Waals surface area (Å²) in [7, 11) is 3.88. The van der Waals surface area contributed by atoms with Crippen molar-refractivity contribution in [3.8, 4) is 11.5 Å². The molecular formula is C46H50F6N5NaO7. The molecule has 6 rings (SSSR count). The Morgan fingerprint density at radius 1 is 0.723 bits per heavy atom. The van der Waals surface area contributed by atoms with Crippen molar-refractivity contribution >= 4 is 45.0 Å². The third-order valence-electron chi connectivity index (χ3n) is 10.3. The molecule has 2 heterocycles. The van der Waals surface area contributed by atoms with Gasteiger partial charge in [0.1, 0.15) is 11.5 Å². The second kappa shape index (κ2) is 23.6. The maximum Gasteiger partial charge on any atom is 1.00 e. The predicted octanol–water partition coefficient (Wildman–Crippen LogP) is 9.10. The fourth-order valence-corrected chi connectivity index (χ4v) is 7.30. The van der Waals surface area contributed by atoms with Crippen molar-refractivity contribution in [1.29, 1.82) is 0 Å². The van der Waals surface area contributed by atoms with Gasteiger partial charge in [0.15, 0.2) is 28.2 Å². The number of nitrogens with zero attached hydrogens (tertiary/aromatic N) is 5. The summed E-state index contributed by atoms with van der Waals surface area (Å²) in [6.45, 7) is 16.9. The number of halogens is 6. The molecule has 0 saturated heterocycles. The third-order valence-corrected chi connectivity index (χ3v) is 10.3. The number of rotatable bonds is 17. The molecule has 0 fully saturated rings. The van der Waals surface area contributed by atoms with Crippen LogP contribution in [0.1, 0.15) is 83.5 Å². The molecule has 0 spiro atoms. The first kappa shape index (κ1) is 53.9. The van der Waals surface area contributed by atoms with Crippen LogP contribution >= 0.6 is 0 Å². The minimum atomic E-state index is -4.58. The fourth-order valence-electron chi connectivity index (χ4n) is 7.30. The summed E-state index contributed by atoms with van der Waals surface area (Å²) in [6.07, 6.45) is -5.28. The van der Waals surface area contributed by atoms with Crippen LogP contribution < -0.4 is 48.8 Å². The standard InChI is InChI=1S/C23H24F3N3O2.C23H25F3N2O4.Na.H2O/c1-5-7-17-20(11-9-18-21(17)31-28-22(18)23(24,25)26)30-13-6-12-29(4)19-10-8-16(27-3)14-15(19)2;1-4-6-16-19(10-8-17-20(16)32-27-21(17)23(24,25)26)31-12-5-11-28(3)18-9-7-15(22(29)30)13-14(18)2;;/h8-11,14H,5-7,12-13H2,1-2,4H3;7-10,13H,4-6,11-12H2,1-3H3,(H,29,30);;1H2/q;;+1;/p-1. The third kappa shape index (κ3) is 13.3. The molecule has 0 saturated carbocycles. The molecule has 0 unspecified atom stereocenters. The zero-order chi connectivity index (χ0) is 46.1. The molecule has 6 aromatic rings. The van der Waals surface area contributed by atoms with Crippen molar-refractivity contribution in [1.82, 2.24) is 10.3 Å². The summed E-state index contributed by atoms with van der Waals surface area (Å²) in [6, 6.07) is 16.3. The summed E-state index contributed by atoms with van der Waals surface area (Å²) in [5.41, 5.74) is 4.11. The molecule has 344 valence electrons. The van der Waals surface area contributed by atoms with Gasteiger partial charge in [-0.15, -0.1) is 0 Å². The molecule has 12 nitrogen and oxygen atoms in total. The zero-order valence-corrected chi connectivity index (χ0v) is 39.3. The number of hydrogen-bond donors (Lipinski definition) is 1. The van der Waals surface area contributed by atoms with Crippen LogP contribution in [0.3, 0.4) is 0 Å². The van der Waals surface area contributed by atoms with E-state index in [1.165, 1.54) is 18.2 Å². The number of aromatic carboxylic acids is 1. The van der Waals surface area contributed by atoms with Gasteiger partial charge in [-0.3, -0.25) is 0 Å².